The van der Waals surface area contributed by atoms with Gasteiger partial charge in [0.1, 0.15) is 6.33 Å². The van der Waals surface area contributed by atoms with Crippen LogP contribution in [0, 0.1) is 0 Å². The van der Waals surface area contributed by atoms with E-state index in [1.807, 2.05) is 18.7 Å². The number of aromatic nitrogens is 5. The molecule has 0 aliphatic carbocycles. The Morgan fingerprint density at radius 3 is 2.54 bits per heavy atom. The number of aryl methyl sites for hydroxylation is 1. The van der Waals surface area contributed by atoms with Crippen LogP contribution in [0.3, 0.4) is 0 Å². The molecule has 0 unspecified atom stereocenters. The topological polar surface area (TPSA) is 63.0 Å². The van der Waals surface area contributed by atoms with Crippen molar-refractivity contribution in [2.75, 3.05) is 31.1 Å². The Bertz CT molecular complexity index is 806. The van der Waals surface area contributed by atoms with E-state index in [9.17, 15) is 0 Å². The SMILES string of the molecule is CCn1cnc2c(N3CCN(Cc4ccncc4)CC3)ncnc21. The zero-order valence-corrected chi connectivity index (χ0v) is 13.8. The Labute approximate surface area is 141 Å². The highest BCUT2D eigenvalue weighted by molar-refractivity contribution is 5.83. The summed E-state index contributed by atoms with van der Waals surface area (Å²) in [5.74, 6) is 0.954. The molecule has 3 aromatic heterocycles. The number of fused-ring (bicyclic) bond motifs is 1. The van der Waals surface area contributed by atoms with Gasteiger partial charge in [0.2, 0.25) is 0 Å². The van der Waals surface area contributed by atoms with Crippen molar-refractivity contribution in [3.8, 4) is 0 Å². The summed E-state index contributed by atoms with van der Waals surface area (Å²) in [6.07, 6.45) is 7.21. The molecule has 0 N–H and O–H groups in total. The minimum atomic E-state index is 0.868. The molecule has 0 bridgehead atoms. The van der Waals surface area contributed by atoms with E-state index < -0.39 is 0 Å². The molecule has 1 aliphatic heterocycles. The molecule has 7 nitrogen and oxygen atoms in total. The molecule has 4 rings (SSSR count). The Balaban J connectivity index is 1.47. The normalized spacial score (nSPS) is 16.0. The van der Waals surface area contributed by atoms with Crippen molar-refractivity contribution in [1.29, 1.82) is 0 Å². The molecule has 0 saturated carbocycles. The third-order valence-electron chi connectivity index (χ3n) is 4.55. The minimum Gasteiger partial charge on any atom is -0.352 e. The van der Waals surface area contributed by atoms with Crippen molar-refractivity contribution < 1.29 is 0 Å². The van der Waals surface area contributed by atoms with Gasteiger partial charge >= 0.3 is 0 Å². The Morgan fingerprint density at radius 2 is 1.79 bits per heavy atom. The summed E-state index contributed by atoms with van der Waals surface area (Å²) in [6.45, 7) is 7.88. The van der Waals surface area contributed by atoms with Gasteiger partial charge in [-0.3, -0.25) is 9.88 Å². The van der Waals surface area contributed by atoms with Crippen molar-refractivity contribution in [1.82, 2.24) is 29.4 Å². The maximum atomic E-state index is 4.53. The Hall–Kier alpha value is -2.54. The maximum absolute atomic E-state index is 4.53. The van der Waals surface area contributed by atoms with Crippen LogP contribution in [0.25, 0.3) is 11.2 Å². The van der Waals surface area contributed by atoms with E-state index in [0.717, 1.165) is 56.3 Å². The van der Waals surface area contributed by atoms with Gasteiger partial charge in [-0.2, -0.15) is 0 Å². The second-order valence-electron chi connectivity index (χ2n) is 6.02. The second-order valence-corrected chi connectivity index (χ2v) is 6.02. The van der Waals surface area contributed by atoms with E-state index in [4.69, 9.17) is 0 Å². The van der Waals surface area contributed by atoms with Gasteiger partial charge in [0.15, 0.2) is 17.0 Å². The number of hydrogen-bond acceptors (Lipinski definition) is 6. The van der Waals surface area contributed by atoms with E-state index in [0.29, 0.717) is 0 Å². The first-order valence-electron chi connectivity index (χ1n) is 8.37. The minimum absolute atomic E-state index is 0.868. The zero-order valence-electron chi connectivity index (χ0n) is 13.8. The van der Waals surface area contributed by atoms with Crippen LogP contribution >= 0.6 is 0 Å². The van der Waals surface area contributed by atoms with Gasteiger partial charge in [-0.05, 0) is 24.6 Å². The van der Waals surface area contributed by atoms with Crippen LogP contribution in [-0.2, 0) is 13.1 Å². The lowest BCUT2D eigenvalue weighted by Crippen LogP contribution is -2.46. The van der Waals surface area contributed by atoms with Crippen LogP contribution in [0.2, 0.25) is 0 Å². The number of piperazine rings is 1. The highest BCUT2D eigenvalue weighted by Crippen LogP contribution is 2.22. The number of hydrogen-bond donors (Lipinski definition) is 0. The van der Waals surface area contributed by atoms with Gasteiger partial charge < -0.3 is 9.47 Å². The van der Waals surface area contributed by atoms with Crippen LogP contribution in [0.15, 0.2) is 37.2 Å². The summed E-state index contributed by atoms with van der Waals surface area (Å²) in [5, 5.41) is 0. The molecular formula is C17H21N7. The first kappa shape index (κ1) is 15.0. The van der Waals surface area contributed by atoms with Crippen molar-refractivity contribution in [2.24, 2.45) is 0 Å². The van der Waals surface area contributed by atoms with E-state index in [1.54, 1.807) is 6.33 Å². The summed E-state index contributed by atoms with van der Waals surface area (Å²) in [7, 11) is 0. The van der Waals surface area contributed by atoms with Gasteiger partial charge in [0.25, 0.3) is 0 Å². The zero-order chi connectivity index (χ0) is 16.4. The van der Waals surface area contributed by atoms with Crippen molar-refractivity contribution >= 4 is 17.0 Å². The number of imidazole rings is 1. The Kier molecular flexibility index (Phi) is 4.08. The molecule has 3 aromatic rings. The molecule has 24 heavy (non-hydrogen) atoms. The van der Waals surface area contributed by atoms with Crippen molar-refractivity contribution in [2.45, 2.75) is 20.0 Å². The quantitative estimate of drug-likeness (QED) is 0.726. The van der Waals surface area contributed by atoms with Gasteiger partial charge in [0.05, 0.1) is 6.33 Å². The van der Waals surface area contributed by atoms with Crippen LogP contribution in [0.1, 0.15) is 12.5 Å². The summed E-state index contributed by atoms with van der Waals surface area (Å²) in [6, 6.07) is 4.16. The Morgan fingerprint density at radius 1 is 1.00 bits per heavy atom. The largest absolute Gasteiger partial charge is 0.352 e. The maximum Gasteiger partial charge on any atom is 0.165 e. The fourth-order valence-electron chi connectivity index (χ4n) is 3.20. The van der Waals surface area contributed by atoms with Gasteiger partial charge in [-0.25, -0.2) is 15.0 Å². The predicted octanol–water partition coefficient (Wildman–Crippen LogP) is 1.56. The standard InChI is InChI=1S/C17H21N7/c1-2-23-13-21-15-16(23)19-12-20-17(15)24-9-7-22(8-10-24)11-14-3-5-18-6-4-14/h3-6,12-13H,2,7-11H2,1H3. The average molecular weight is 323 g/mol. The summed E-state index contributed by atoms with van der Waals surface area (Å²) >= 11 is 0. The van der Waals surface area contributed by atoms with Crippen molar-refractivity contribution in [3.05, 3.63) is 42.7 Å². The molecule has 124 valence electrons. The third kappa shape index (κ3) is 2.82. The highest BCUT2D eigenvalue weighted by Gasteiger charge is 2.21. The summed E-state index contributed by atoms with van der Waals surface area (Å²) in [4.78, 5) is 22.3. The van der Waals surface area contributed by atoms with Crippen LogP contribution < -0.4 is 4.90 Å². The van der Waals surface area contributed by atoms with Gasteiger partial charge in [-0.1, -0.05) is 0 Å². The number of anilines is 1. The second kappa shape index (κ2) is 6.52. The highest BCUT2D eigenvalue weighted by atomic mass is 15.3. The molecular weight excluding hydrogens is 302 g/mol. The smallest absolute Gasteiger partial charge is 0.165 e. The number of rotatable bonds is 4. The van der Waals surface area contributed by atoms with E-state index in [1.165, 1.54) is 5.56 Å². The molecule has 0 spiro atoms. The lowest BCUT2D eigenvalue weighted by Gasteiger charge is -2.35. The molecule has 0 aromatic carbocycles. The molecule has 0 amide bonds. The first-order chi connectivity index (χ1) is 11.8. The van der Waals surface area contributed by atoms with E-state index >= 15 is 0 Å². The van der Waals surface area contributed by atoms with Crippen LogP contribution in [-0.4, -0.2) is 55.6 Å². The van der Waals surface area contributed by atoms with Crippen LogP contribution in [0.4, 0.5) is 5.82 Å². The van der Waals surface area contributed by atoms with Gasteiger partial charge in [0, 0.05) is 51.7 Å². The monoisotopic (exact) mass is 323 g/mol. The van der Waals surface area contributed by atoms with Gasteiger partial charge in [-0.15, -0.1) is 0 Å². The molecule has 1 fully saturated rings. The molecule has 4 heterocycles. The number of nitrogens with zero attached hydrogens (tertiary/aromatic N) is 7. The lowest BCUT2D eigenvalue weighted by atomic mass is 10.2. The molecule has 0 radical (unpaired) electrons. The van der Waals surface area contributed by atoms with Crippen molar-refractivity contribution in [3.63, 3.8) is 0 Å². The fourth-order valence-corrected chi connectivity index (χ4v) is 3.20. The molecule has 7 heteroatoms. The van der Waals surface area contributed by atoms with E-state index in [2.05, 4.69) is 53.4 Å². The lowest BCUT2D eigenvalue weighted by molar-refractivity contribution is 0.249. The van der Waals surface area contributed by atoms with E-state index in [-0.39, 0.29) is 0 Å². The number of pyridine rings is 1. The fraction of sp³-hybridized carbons (Fsp3) is 0.412. The molecule has 0 atom stereocenters. The van der Waals surface area contributed by atoms with Crippen LogP contribution in [0.5, 0.6) is 0 Å². The molecule has 1 aliphatic rings. The average Bonchev–Trinajstić information content (AvgIpc) is 3.06. The third-order valence-corrected chi connectivity index (χ3v) is 4.55. The summed E-state index contributed by atoms with van der Waals surface area (Å²) in [5.41, 5.74) is 3.13. The predicted molar refractivity (Wildman–Crippen MR) is 92.7 cm³/mol. The first-order valence-corrected chi connectivity index (χ1v) is 8.37. The molecule has 1 saturated heterocycles. The summed E-state index contributed by atoms with van der Waals surface area (Å²) < 4.78 is 2.06.